The van der Waals surface area contributed by atoms with Crippen molar-refractivity contribution in [2.45, 2.75) is 32.8 Å². The maximum atomic E-state index is 11.1. The number of esters is 1. The van der Waals surface area contributed by atoms with Crippen LogP contribution in [0.15, 0.2) is 37.0 Å². The molecule has 78 valence electrons. The molecule has 14 heavy (non-hydrogen) atoms. The fourth-order valence-electron chi connectivity index (χ4n) is 0.932. The predicted octanol–water partition coefficient (Wildman–Crippen LogP) is 3.02. The molecule has 0 aliphatic rings. The Hall–Kier alpha value is -1.31. The molecule has 0 aromatic heterocycles. The molecule has 0 spiro atoms. The molecule has 0 heterocycles. The molecule has 0 saturated carbocycles. The number of carbonyl (C=O) groups excluding carboxylic acids is 1. The summed E-state index contributed by atoms with van der Waals surface area (Å²) in [6.07, 6.45) is 9.23. The highest BCUT2D eigenvalue weighted by molar-refractivity contribution is 5.82. The van der Waals surface area contributed by atoms with E-state index < -0.39 is 5.60 Å². The average molecular weight is 194 g/mol. The highest BCUT2D eigenvalue weighted by Gasteiger charge is 2.19. The zero-order chi connectivity index (χ0) is 11.0. The van der Waals surface area contributed by atoms with E-state index in [1.165, 1.54) is 6.08 Å². The van der Waals surface area contributed by atoms with Crippen molar-refractivity contribution in [3.05, 3.63) is 37.0 Å². The van der Waals surface area contributed by atoms with Gasteiger partial charge in [0.15, 0.2) is 0 Å². The Kier molecular flexibility index (Phi) is 5.61. The van der Waals surface area contributed by atoms with Crippen LogP contribution in [-0.2, 0) is 9.53 Å². The molecule has 0 aromatic rings. The SMILES string of the molecule is C=C/C=C/CC(C)(C)OC(=O)/C=C/C. The third kappa shape index (κ3) is 6.23. The summed E-state index contributed by atoms with van der Waals surface area (Å²) in [6.45, 7) is 9.10. The fraction of sp³-hybridized carbons (Fsp3) is 0.417. The predicted molar refractivity (Wildman–Crippen MR) is 58.9 cm³/mol. The molecule has 0 fully saturated rings. The van der Waals surface area contributed by atoms with Gasteiger partial charge in [-0.1, -0.05) is 30.9 Å². The first-order chi connectivity index (χ1) is 6.52. The van der Waals surface area contributed by atoms with Gasteiger partial charge >= 0.3 is 5.97 Å². The van der Waals surface area contributed by atoms with Crippen LogP contribution in [0.4, 0.5) is 0 Å². The van der Waals surface area contributed by atoms with Gasteiger partial charge in [0.1, 0.15) is 5.60 Å². The summed E-state index contributed by atoms with van der Waals surface area (Å²) in [5.41, 5.74) is -0.462. The van der Waals surface area contributed by atoms with Gasteiger partial charge in [-0.15, -0.1) is 0 Å². The molecule has 0 radical (unpaired) electrons. The lowest BCUT2D eigenvalue weighted by molar-refractivity contribution is -0.149. The van der Waals surface area contributed by atoms with Crippen molar-refractivity contribution in [2.75, 3.05) is 0 Å². The smallest absolute Gasteiger partial charge is 0.330 e. The van der Waals surface area contributed by atoms with Gasteiger partial charge in [0.05, 0.1) is 0 Å². The van der Waals surface area contributed by atoms with Gasteiger partial charge in [-0.2, -0.15) is 0 Å². The number of hydrogen-bond donors (Lipinski definition) is 0. The molecule has 0 bridgehead atoms. The third-order valence-electron chi connectivity index (χ3n) is 1.56. The molecule has 0 amide bonds. The van der Waals surface area contributed by atoms with Crippen LogP contribution in [0, 0.1) is 0 Å². The minimum absolute atomic E-state index is 0.301. The van der Waals surface area contributed by atoms with Crippen LogP contribution >= 0.6 is 0 Å². The van der Waals surface area contributed by atoms with Crippen molar-refractivity contribution < 1.29 is 9.53 Å². The van der Waals surface area contributed by atoms with Crippen molar-refractivity contribution >= 4 is 5.97 Å². The van der Waals surface area contributed by atoms with Gasteiger partial charge in [0, 0.05) is 12.5 Å². The summed E-state index contributed by atoms with van der Waals surface area (Å²) < 4.78 is 5.21. The van der Waals surface area contributed by atoms with E-state index in [-0.39, 0.29) is 5.97 Å². The topological polar surface area (TPSA) is 26.3 Å². The van der Waals surface area contributed by atoms with Crippen molar-refractivity contribution in [2.24, 2.45) is 0 Å². The Labute approximate surface area is 86.0 Å². The Morgan fingerprint density at radius 1 is 1.50 bits per heavy atom. The van der Waals surface area contributed by atoms with E-state index in [9.17, 15) is 4.79 Å². The van der Waals surface area contributed by atoms with E-state index in [0.29, 0.717) is 6.42 Å². The lowest BCUT2D eigenvalue weighted by atomic mass is 10.1. The monoisotopic (exact) mass is 194 g/mol. The maximum absolute atomic E-state index is 11.1. The molecule has 0 N–H and O–H groups in total. The van der Waals surface area contributed by atoms with Crippen LogP contribution in [0.5, 0.6) is 0 Å². The summed E-state index contributed by atoms with van der Waals surface area (Å²) >= 11 is 0. The first kappa shape index (κ1) is 12.7. The second-order valence-corrected chi connectivity index (χ2v) is 3.55. The van der Waals surface area contributed by atoms with Gasteiger partial charge in [-0.3, -0.25) is 0 Å². The number of rotatable bonds is 5. The highest BCUT2D eigenvalue weighted by Crippen LogP contribution is 2.15. The minimum Gasteiger partial charge on any atom is -0.456 e. The summed E-state index contributed by atoms with van der Waals surface area (Å²) in [5.74, 6) is -0.301. The number of ether oxygens (including phenoxy) is 1. The second kappa shape index (κ2) is 6.19. The molecule has 0 rings (SSSR count). The number of carbonyl (C=O) groups is 1. The third-order valence-corrected chi connectivity index (χ3v) is 1.56. The minimum atomic E-state index is -0.462. The zero-order valence-corrected chi connectivity index (χ0v) is 9.12. The summed E-state index contributed by atoms with van der Waals surface area (Å²) in [6, 6.07) is 0. The molecule has 0 aliphatic carbocycles. The quantitative estimate of drug-likeness (QED) is 0.382. The van der Waals surface area contributed by atoms with Crippen LogP contribution < -0.4 is 0 Å². The summed E-state index contributed by atoms with van der Waals surface area (Å²) in [5, 5.41) is 0. The van der Waals surface area contributed by atoms with Crippen LogP contribution in [-0.4, -0.2) is 11.6 Å². The lowest BCUT2D eigenvalue weighted by Gasteiger charge is -2.22. The van der Waals surface area contributed by atoms with E-state index in [1.807, 2.05) is 26.0 Å². The molecule has 0 aromatic carbocycles. The molecule has 0 aliphatic heterocycles. The number of hydrogen-bond acceptors (Lipinski definition) is 2. The van der Waals surface area contributed by atoms with Gasteiger partial charge < -0.3 is 4.74 Å². The Balaban J connectivity index is 4.12. The maximum Gasteiger partial charge on any atom is 0.330 e. The zero-order valence-electron chi connectivity index (χ0n) is 9.12. The van der Waals surface area contributed by atoms with Crippen molar-refractivity contribution in [3.8, 4) is 0 Å². The standard InChI is InChI=1S/C12H18O2/c1-5-7-8-10-12(3,4)14-11(13)9-6-2/h5-9H,1,10H2,2-4H3/b8-7+,9-6+. The molecular formula is C12H18O2. The fourth-order valence-corrected chi connectivity index (χ4v) is 0.932. The van der Waals surface area contributed by atoms with E-state index >= 15 is 0 Å². The van der Waals surface area contributed by atoms with Crippen molar-refractivity contribution in [1.29, 1.82) is 0 Å². The summed E-state index contributed by atoms with van der Waals surface area (Å²) in [7, 11) is 0. The first-order valence-electron chi connectivity index (χ1n) is 4.65. The lowest BCUT2D eigenvalue weighted by Crippen LogP contribution is -2.26. The van der Waals surface area contributed by atoms with Gasteiger partial charge in [0.25, 0.3) is 0 Å². The molecular weight excluding hydrogens is 176 g/mol. The molecule has 0 saturated heterocycles. The van der Waals surface area contributed by atoms with Crippen LogP contribution in [0.1, 0.15) is 27.2 Å². The summed E-state index contributed by atoms with van der Waals surface area (Å²) in [4.78, 5) is 11.1. The van der Waals surface area contributed by atoms with Gasteiger partial charge in [-0.25, -0.2) is 4.79 Å². The molecule has 0 atom stereocenters. The molecule has 0 unspecified atom stereocenters. The van der Waals surface area contributed by atoms with Gasteiger partial charge in [0.2, 0.25) is 0 Å². The highest BCUT2D eigenvalue weighted by atomic mass is 16.6. The molecule has 2 nitrogen and oxygen atoms in total. The normalized spacial score (nSPS) is 12.2. The Morgan fingerprint density at radius 3 is 2.64 bits per heavy atom. The van der Waals surface area contributed by atoms with Crippen LogP contribution in [0.2, 0.25) is 0 Å². The van der Waals surface area contributed by atoms with E-state index in [0.717, 1.165) is 0 Å². The van der Waals surface area contributed by atoms with Crippen LogP contribution in [0.3, 0.4) is 0 Å². The van der Waals surface area contributed by atoms with Gasteiger partial charge in [-0.05, 0) is 20.8 Å². The first-order valence-corrected chi connectivity index (χ1v) is 4.65. The molecule has 2 heteroatoms. The van der Waals surface area contributed by atoms with Crippen molar-refractivity contribution in [1.82, 2.24) is 0 Å². The average Bonchev–Trinajstić information content (AvgIpc) is 2.03. The second-order valence-electron chi connectivity index (χ2n) is 3.55. The van der Waals surface area contributed by atoms with Crippen LogP contribution in [0.25, 0.3) is 0 Å². The van der Waals surface area contributed by atoms with E-state index in [4.69, 9.17) is 4.74 Å². The number of allylic oxidation sites excluding steroid dienone is 3. The van der Waals surface area contributed by atoms with E-state index in [2.05, 4.69) is 6.58 Å². The Morgan fingerprint density at radius 2 is 2.14 bits per heavy atom. The van der Waals surface area contributed by atoms with Crippen molar-refractivity contribution in [3.63, 3.8) is 0 Å². The Bertz CT molecular complexity index is 247. The van der Waals surface area contributed by atoms with E-state index in [1.54, 1.807) is 19.1 Å². The largest absolute Gasteiger partial charge is 0.456 e.